The van der Waals surface area contributed by atoms with Gasteiger partial charge in [0.1, 0.15) is 18.3 Å². The summed E-state index contributed by atoms with van der Waals surface area (Å²) in [6.07, 6.45) is 3.81. The number of para-hydroxylation sites is 2. The van der Waals surface area contributed by atoms with E-state index >= 15 is 0 Å². The van der Waals surface area contributed by atoms with E-state index in [1.165, 1.54) is 17.1 Å². The van der Waals surface area contributed by atoms with E-state index in [0.29, 0.717) is 17.0 Å². The van der Waals surface area contributed by atoms with E-state index < -0.39 is 0 Å². The minimum Gasteiger partial charge on any atom is -0.305 e. The lowest BCUT2D eigenvalue weighted by Crippen LogP contribution is -2.53. The number of carbonyl (C=O) groups excluding carboxylic acids is 1. The lowest BCUT2D eigenvalue weighted by molar-refractivity contribution is -0.120. The van der Waals surface area contributed by atoms with Gasteiger partial charge >= 0.3 is 0 Å². The number of anilines is 1. The molecule has 2 aromatic carbocycles. The van der Waals surface area contributed by atoms with Gasteiger partial charge in [0, 0.05) is 11.2 Å². The van der Waals surface area contributed by atoms with Crippen molar-refractivity contribution in [2.24, 2.45) is 0 Å². The zero-order chi connectivity index (χ0) is 22.5. The van der Waals surface area contributed by atoms with Gasteiger partial charge in [0.05, 0.1) is 11.9 Å². The van der Waals surface area contributed by atoms with E-state index in [0.717, 1.165) is 23.4 Å². The first kappa shape index (κ1) is 20.2. The van der Waals surface area contributed by atoms with Crippen LogP contribution in [0.25, 0.3) is 16.7 Å². The fraction of sp³-hybridized carbons (Fsp3) is 0.280. The molecule has 1 aliphatic rings. The summed E-state index contributed by atoms with van der Waals surface area (Å²) in [6, 6.07) is 17.5. The van der Waals surface area contributed by atoms with Gasteiger partial charge in [-0.15, -0.1) is 0 Å². The first-order valence-electron chi connectivity index (χ1n) is 10.8. The second-order valence-corrected chi connectivity index (χ2v) is 9.01. The van der Waals surface area contributed by atoms with Crippen LogP contribution in [0.2, 0.25) is 0 Å². The highest BCUT2D eigenvalue weighted by atomic mass is 16.2. The molecule has 0 saturated heterocycles. The largest absolute Gasteiger partial charge is 0.305 e. The maximum atomic E-state index is 13.5. The molecule has 3 heterocycles. The highest BCUT2D eigenvalue weighted by Crippen LogP contribution is 2.43. The summed E-state index contributed by atoms with van der Waals surface area (Å²) in [6.45, 7) is 6.26. The Morgan fingerprint density at radius 3 is 2.59 bits per heavy atom. The molecule has 1 aliphatic heterocycles. The van der Waals surface area contributed by atoms with Crippen LogP contribution in [0.4, 0.5) is 5.69 Å². The van der Waals surface area contributed by atoms with Crippen molar-refractivity contribution < 1.29 is 4.79 Å². The summed E-state index contributed by atoms with van der Waals surface area (Å²) < 4.78 is 3.01. The molecule has 7 nitrogen and oxygen atoms in total. The minimum absolute atomic E-state index is 0.0789. The first-order valence-corrected chi connectivity index (χ1v) is 10.8. The van der Waals surface area contributed by atoms with Crippen molar-refractivity contribution in [2.75, 3.05) is 4.90 Å². The normalized spacial score (nSPS) is 17.3. The summed E-state index contributed by atoms with van der Waals surface area (Å²) >= 11 is 0. The number of fused-ring (bicyclic) bond motifs is 2. The molecule has 0 aliphatic carbocycles. The fourth-order valence-electron chi connectivity index (χ4n) is 4.89. The second-order valence-electron chi connectivity index (χ2n) is 9.01. The van der Waals surface area contributed by atoms with Crippen molar-refractivity contribution in [2.45, 2.75) is 45.2 Å². The molecule has 162 valence electrons. The maximum absolute atomic E-state index is 13.5. The van der Waals surface area contributed by atoms with Gasteiger partial charge in [-0.1, -0.05) is 43.3 Å². The van der Waals surface area contributed by atoms with Crippen molar-refractivity contribution in [1.82, 2.24) is 19.3 Å². The second kappa shape index (κ2) is 7.44. The van der Waals surface area contributed by atoms with Crippen LogP contribution in [0.3, 0.4) is 0 Å². The van der Waals surface area contributed by atoms with Gasteiger partial charge in [0.15, 0.2) is 5.65 Å². The monoisotopic (exact) mass is 427 g/mol. The molecule has 32 heavy (non-hydrogen) atoms. The molecule has 7 heteroatoms. The van der Waals surface area contributed by atoms with Crippen LogP contribution in [0.1, 0.15) is 38.7 Å². The van der Waals surface area contributed by atoms with Crippen LogP contribution in [-0.4, -0.2) is 30.8 Å². The Morgan fingerprint density at radius 1 is 1.09 bits per heavy atom. The third-order valence-corrected chi connectivity index (χ3v) is 6.23. The smallest absolute Gasteiger partial charge is 0.264 e. The standard InChI is InChI=1S/C25H25N5O2/c1-17-13-25(2,3)29(21-12-8-7-11-19(17)21)22(31)15-28-16-26-23-20(24(28)32)14-27-30(23)18-9-5-4-6-10-18/h4-12,14,16-17H,13,15H2,1-3H3/t17-/m1/s1. The van der Waals surface area contributed by atoms with Gasteiger partial charge < -0.3 is 4.90 Å². The number of nitrogens with zero attached hydrogens (tertiary/aromatic N) is 5. The molecule has 0 saturated carbocycles. The molecule has 0 radical (unpaired) electrons. The first-order chi connectivity index (χ1) is 15.4. The Bertz CT molecular complexity index is 1370. The SMILES string of the molecule is C[C@@H]1CC(C)(C)N(C(=O)Cn2cnc3c(cnn3-c3ccccc3)c2=O)c2ccccc21. The fourth-order valence-corrected chi connectivity index (χ4v) is 4.89. The number of carbonyl (C=O) groups is 1. The zero-order valence-electron chi connectivity index (χ0n) is 18.4. The molecule has 0 spiro atoms. The molecular formula is C25H25N5O2. The van der Waals surface area contributed by atoms with Crippen LogP contribution in [0.5, 0.6) is 0 Å². The molecule has 1 atom stereocenters. The average molecular weight is 428 g/mol. The molecule has 5 rings (SSSR count). The number of hydrogen-bond acceptors (Lipinski definition) is 4. The molecular weight excluding hydrogens is 402 g/mol. The lowest BCUT2D eigenvalue weighted by atomic mass is 9.80. The van der Waals surface area contributed by atoms with Gasteiger partial charge in [-0.25, -0.2) is 9.67 Å². The molecule has 0 fully saturated rings. The predicted molar refractivity (Wildman–Crippen MR) is 124 cm³/mol. The van der Waals surface area contributed by atoms with E-state index in [1.54, 1.807) is 4.68 Å². The van der Waals surface area contributed by atoms with Crippen LogP contribution in [-0.2, 0) is 11.3 Å². The van der Waals surface area contributed by atoms with E-state index in [1.807, 2.05) is 53.4 Å². The highest BCUT2D eigenvalue weighted by Gasteiger charge is 2.39. The molecule has 0 N–H and O–H groups in total. The van der Waals surface area contributed by atoms with Crippen LogP contribution >= 0.6 is 0 Å². The summed E-state index contributed by atoms with van der Waals surface area (Å²) in [5.74, 6) is 0.225. The third kappa shape index (κ3) is 3.21. The summed E-state index contributed by atoms with van der Waals surface area (Å²) in [7, 11) is 0. The van der Waals surface area contributed by atoms with Crippen molar-refractivity contribution in [3.8, 4) is 5.69 Å². The number of aromatic nitrogens is 4. The predicted octanol–water partition coefficient (Wildman–Crippen LogP) is 3.90. The van der Waals surface area contributed by atoms with Crippen molar-refractivity contribution in [3.63, 3.8) is 0 Å². The lowest BCUT2D eigenvalue weighted by Gasteiger charge is -2.46. The minimum atomic E-state index is -0.357. The van der Waals surface area contributed by atoms with Crippen molar-refractivity contribution in [3.05, 3.63) is 83.0 Å². The van der Waals surface area contributed by atoms with Crippen LogP contribution in [0.15, 0.2) is 71.9 Å². The van der Waals surface area contributed by atoms with E-state index in [4.69, 9.17) is 0 Å². The Morgan fingerprint density at radius 2 is 1.81 bits per heavy atom. The van der Waals surface area contributed by atoms with E-state index in [-0.39, 0.29) is 23.6 Å². The van der Waals surface area contributed by atoms with Gasteiger partial charge in [-0.2, -0.15) is 5.10 Å². The van der Waals surface area contributed by atoms with Gasteiger partial charge in [-0.05, 0) is 49.9 Å². The summed E-state index contributed by atoms with van der Waals surface area (Å²) in [4.78, 5) is 32.9. The Balaban J connectivity index is 1.51. The Kier molecular flexibility index (Phi) is 4.69. The average Bonchev–Trinajstić information content (AvgIpc) is 3.20. The highest BCUT2D eigenvalue weighted by molar-refractivity contribution is 5.96. The molecule has 0 unspecified atom stereocenters. The number of rotatable bonds is 3. The summed E-state index contributed by atoms with van der Waals surface area (Å²) in [5.41, 5.74) is 2.74. The number of benzene rings is 2. The van der Waals surface area contributed by atoms with E-state index in [2.05, 4.69) is 36.9 Å². The molecule has 0 bridgehead atoms. The quantitative estimate of drug-likeness (QED) is 0.497. The third-order valence-electron chi connectivity index (χ3n) is 6.23. The topological polar surface area (TPSA) is 73.0 Å². The molecule has 4 aromatic rings. The summed E-state index contributed by atoms with van der Waals surface area (Å²) in [5, 5.41) is 4.73. The number of amides is 1. The Hall–Kier alpha value is -3.74. The maximum Gasteiger partial charge on any atom is 0.264 e. The van der Waals surface area contributed by atoms with Gasteiger partial charge in [0.2, 0.25) is 5.91 Å². The Labute approximate surface area is 185 Å². The van der Waals surface area contributed by atoms with Gasteiger partial charge in [-0.3, -0.25) is 14.2 Å². The van der Waals surface area contributed by atoms with Crippen LogP contribution in [0, 0.1) is 0 Å². The van der Waals surface area contributed by atoms with E-state index in [9.17, 15) is 9.59 Å². The van der Waals surface area contributed by atoms with Crippen molar-refractivity contribution >= 4 is 22.6 Å². The van der Waals surface area contributed by atoms with Crippen molar-refractivity contribution in [1.29, 1.82) is 0 Å². The molecule has 1 amide bonds. The van der Waals surface area contributed by atoms with Gasteiger partial charge in [0.25, 0.3) is 5.56 Å². The van der Waals surface area contributed by atoms with Crippen LogP contribution < -0.4 is 10.5 Å². The zero-order valence-corrected chi connectivity index (χ0v) is 18.4. The number of hydrogen-bond donors (Lipinski definition) is 0. The molecule has 2 aromatic heterocycles.